The van der Waals surface area contributed by atoms with Crippen molar-refractivity contribution in [1.82, 2.24) is 0 Å². The number of anilines is 1. The van der Waals surface area contributed by atoms with Crippen LogP contribution in [-0.2, 0) is 0 Å². The van der Waals surface area contributed by atoms with Gasteiger partial charge < -0.3 is 10.0 Å². The number of aromatic carboxylic acids is 1. The number of carboxylic acid groups (broad SMARTS) is 1. The molecule has 0 fully saturated rings. The Morgan fingerprint density at radius 2 is 2.22 bits per heavy atom. The molecule has 18 heavy (non-hydrogen) atoms. The number of rotatable bonds is 6. The van der Waals surface area contributed by atoms with E-state index in [2.05, 4.69) is 13.2 Å². The highest BCUT2D eigenvalue weighted by Crippen LogP contribution is 2.26. The minimum atomic E-state index is -0.948. The van der Waals surface area contributed by atoms with Crippen molar-refractivity contribution in [1.29, 1.82) is 0 Å². The molecule has 1 aromatic rings. The van der Waals surface area contributed by atoms with Crippen LogP contribution >= 0.6 is 23.4 Å². The third kappa shape index (κ3) is 3.82. The molecule has 1 unspecified atom stereocenters. The van der Waals surface area contributed by atoms with E-state index in [1.165, 1.54) is 6.07 Å². The van der Waals surface area contributed by atoms with Crippen molar-refractivity contribution in [2.45, 2.75) is 19.4 Å². The second-order valence-electron chi connectivity index (χ2n) is 4.21. The molecule has 0 aliphatic heterocycles. The maximum atomic E-state index is 11.2. The summed E-state index contributed by atoms with van der Waals surface area (Å²) in [5.41, 5.74) is 0.960. The van der Waals surface area contributed by atoms with Gasteiger partial charge in [-0.3, -0.25) is 0 Å². The van der Waals surface area contributed by atoms with Crippen LogP contribution in [0.15, 0.2) is 18.2 Å². The lowest BCUT2D eigenvalue weighted by molar-refractivity contribution is 0.0697. The second-order valence-corrected chi connectivity index (χ2v) is 5.63. The molecule has 1 rings (SSSR count). The molecule has 100 valence electrons. The molecule has 0 saturated heterocycles. The van der Waals surface area contributed by atoms with E-state index in [0.717, 1.165) is 12.2 Å². The lowest BCUT2D eigenvalue weighted by Crippen LogP contribution is -2.30. The average Bonchev–Trinajstić information content (AvgIpc) is 2.34. The monoisotopic (exact) mass is 287 g/mol. The van der Waals surface area contributed by atoms with Crippen molar-refractivity contribution in [2.75, 3.05) is 24.0 Å². The minimum Gasteiger partial charge on any atom is -0.478 e. The normalized spacial score (nSPS) is 12.2. The highest BCUT2D eigenvalue weighted by atomic mass is 35.5. The summed E-state index contributed by atoms with van der Waals surface area (Å²) >= 11 is 7.63. The largest absolute Gasteiger partial charge is 0.478 e. The van der Waals surface area contributed by atoms with Gasteiger partial charge in [-0.05, 0) is 43.6 Å². The Morgan fingerprint density at radius 3 is 2.78 bits per heavy atom. The summed E-state index contributed by atoms with van der Waals surface area (Å²) in [5.74, 6) is 0.109. The Kier molecular flexibility index (Phi) is 5.82. The van der Waals surface area contributed by atoms with Gasteiger partial charge in [0.2, 0.25) is 0 Å². The molecule has 1 N–H and O–H groups in total. The van der Waals surface area contributed by atoms with Crippen molar-refractivity contribution in [3.8, 4) is 0 Å². The van der Waals surface area contributed by atoms with Gasteiger partial charge in [0.1, 0.15) is 0 Å². The molecule has 0 radical (unpaired) electrons. The Morgan fingerprint density at radius 1 is 1.56 bits per heavy atom. The van der Waals surface area contributed by atoms with Gasteiger partial charge in [0.05, 0.1) is 11.3 Å². The summed E-state index contributed by atoms with van der Waals surface area (Å²) in [4.78, 5) is 13.2. The SMILES string of the molecule is CSCCC(C)N(C)c1ccc(Cl)cc1C(=O)O. The molecule has 0 spiro atoms. The number of benzene rings is 1. The van der Waals surface area contributed by atoms with Crippen molar-refractivity contribution in [3.63, 3.8) is 0 Å². The maximum Gasteiger partial charge on any atom is 0.337 e. The van der Waals surface area contributed by atoms with Crippen molar-refractivity contribution in [3.05, 3.63) is 28.8 Å². The predicted octanol–water partition coefficient (Wildman–Crippen LogP) is 3.62. The molecule has 0 heterocycles. The molecule has 0 saturated carbocycles. The quantitative estimate of drug-likeness (QED) is 0.868. The topological polar surface area (TPSA) is 40.5 Å². The summed E-state index contributed by atoms with van der Waals surface area (Å²) in [7, 11) is 1.92. The Bertz CT molecular complexity index is 425. The summed E-state index contributed by atoms with van der Waals surface area (Å²) in [6.07, 6.45) is 3.08. The van der Waals surface area contributed by atoms with Crippen LogP contribution in [-0.4, -0.2) is 36.2 Å². The zero-order valence-corrected chi connectivity index (χ0v) is 12.4. The fourth-order valence-corrected chi connectivity index (χ4v) is 2.46. The maximum absolute atomic E-state index is 11.2. The third-order valence-corrected chi connectivity index (χ3v) is 3.85. The number of nitrogens with zero attached hydrogens (tertiary/aromatic N) is 1. The van der Waals surface area contributed by atoms with Gasteiger partial charge in [0.25, 0.3) is 0 Å². The van der Waals surface area contributed by atoms with Crippen LogP contribution < -0.4 is 4.90 Å². The zero-order valence-electron chi connectivity index (χ0n) is 10.8. The number of carboxylic acids is 1. The number of carbonyl (C=O) groups is 1. The Hall–Kier alpha value is -0.870. The lowest BCUT2D eigenvalue weighted by Gasteiger charge is -2.28. The molecule has 1 atom stereocenters. The van der Waals surface area contributed by atoms with Crippen LogP contribution in [0.25, 0.3) is 0 Å². The number of halogens is 1. The van der Waals surface area contributed by atoms with Crippen LogP contribution in [0, 0.1) is 0 Å². The van der Waals surface area contributed by atoms with Crippen LogP contribution in [0.4, 0.5) is 5.69 Å². The summed E-state index contributed by atoms with van der Waals surface area (Å²) < 4.78 is 0. The van der Waals surface area contributed by atoms with Crippen LogP contribution in [0.1, 0.15) is 23.7 Å². The third-order valence-electron chi connectivity index (χ3n) is 2.97. The van der Waals surface area contributed by atoms with E-state index in [1.807, 2.05) is 11.9 Å². The van der Waals surface area contributed by atoms with Crippen molar-refractivity contribution >= 4 is 35.0 Å². The standard InChI is InChI=1S/C13H18ClNO2S/c1-9(6-7-18-3)15(2)12-5-4-10(14)8-11(12)13(16)17/h4-5,8-9H,6-7H2,1-3H3,(H,16,17). The van der Waals surface area contributed by atoms with Gasteiger partial charge in [-0.1, -0.05) is 11.6 Å². The first-order valence-corrected chi connectivity index (χ1v) is 7.49. The van der Waals surface area contributed by atoms with Gasteiger partial charge >= 0.3 is 5.97 Å². The van der Waals surface area contributed by atoms with E-state index >= 15 is 0 Å². The van der Waals surface area contributed by atoms with E-state index in [-0.39, 0.29) is 11.6 Å². The van der Waals surface area contributed by atoms with Gasteiger partial charge in [0.15, 0.2) is 0 Å². The molecule has 0 aliphatic rings. The average molecular weight is 288 g/mol. The van der Waals surface area contributed by atoms with Crippen molar-refractivity contribution < 1.29 is 9.90 Å². The fraction of sp³-hybridized carbons (Fsp3) is 0.462. The number of hydrogen-bond acceptors (Lipinski definition) is 3. The molecule has 1 aromatic carbocycles. The molecule has 3 nitrogen and oxygen atoms in total. The molecule has 0 aliphatic carbocycles. The van der Waals surface area contributed by atoms with Gasteiger partial charge in [-0.25, -0.2) is 4.79 Å². The van der Waals surface area contributed by atoms with Crippen LogP contribution in [0.5, 0.6) is 0 Å². The fourth-order valence-electron chi connectivity index (χ4n) is 1.71. The van der Waals surface area contributed by atoms with Gasteiger partial charge in [-0.2, -0.15) is 11.8 Å². The Balaban J connectivity index is 2.97. The molecule has 0 aromatic heterocycles. The minimum absolute atomic E-state index is 0.251. The summed E-state index contributed by atoms with van der Waals surface area (Å²) in [6.45, 7) is 2.09. The van der Waals surface area contributed by atoms with Crippen LogP contribution in [0.3, 0.4) is 0 Å². The zero-order chi connectivity index (χ0) is 13.7. The molecular weight excluding hydrogens is 270 g/mol. The second kappa shape index (κ2) is 6.90. The highest BCUT2D eigenvalue weighted by Gasteiger charge is 2.17. The molecule has 0 amide bonds. The highest BCUT2D eigenvalue weighted by molar-refractivity contribution is 7.98. The van der Waals surface area contributed by atoms with Gasteiger partial charge in [-0.15, -0.1) is 0 Å². The molecular formula is C13H18ClNO2S. The first-order valence-electron chi connectivity index (χ1n) is 5.72. The first-order chi connectivity index (χ1) is 8.47. The van der Waals surface area contributed by atoms with E-state index in [1.54, 1.807) is 23.9 Å². The number of hydrogen-bond donors (Lipinski definition) is 1. The van der Waals surface area contributed by atoms with E-state index < -0.39 is 5.97 Å². The Labute approximate surface area is 117 Å². The number of thioether (sulfide) groups is 1. The van der Waals surface area contributed by atoms with E-state index in [4.69, 9.17) is 11.6 Å². The first kappa shape index (κ1) is 15.2. The summed E-state index contributed by atoms with van der Waals surface area (Å²) in [5, 5.41) is 9.65. The molecule has 5 heteroatoms. The molecule has 0 bridgehead atoms. The lowest BCUT2D eigenvalue weighted by atomic mass is 10.1. The van der Waals surface area contributed by atoms with Crippen LogP contribution in [0.2, 0.25) is 5.02 Å². The van der Waals surface area contributed by atoms with Gasteiger partial charge in [0, 0.05) is 18.1 Å². The summed E-state index contributed by atoms with van der Waals surface area (Å²) in [6, 6.07) is 5.27. The van der Waals surface area contributed by atoms with E-state index in [9.17, 15) is 9.90 Å². The predicted molar refractivity (Wildman–Crippen MR) is 79.3 cm³/mol. The smallest absolute Gasteiger partial charge is 0.337 e. The van der Waals surface area contributed by atoms with Crippen molar-refractivity contribution in [2.24, 2.45) is 0 Å². The van der Waals surface area contributed by atoms with E-state index in [0.29, 0.717) is 10.7 Å².